The van der Waals surface area contributed by atoms with Gasteiger partial charge < -0.3 is 13.8 Å². The van der Waals surface area contributed by atoms with E-state index in [0.717, 1.165) is 30.6 Å². The zero-order chi connectivity index (χ0) is 32.9. The average Bonchev–Trinajstić information content (AvgIpc) is 3.03. The first-order valence-electron chi connectivity index (χ1n) is 15.3. The van der Waals surface area contributed by atoms with Crippen molar-refractivity contribution in [1.82, 2.24) is 19.7 Å². The Hall–Kier alpha value is -4.48. The summed E-state index contributed by atoms with van der Waals surface area (Å²) in [6.45, 7) is 8.66. The molecule has 1 aliphatic rings. The maximum absolute atomic E-state index is 13.9. The zero-order valence-electron chi connectivity index (χ0n) is 26.6. The second-order valence-electron chi connectivity index (χ2n) is 12.4. The third kappa shape index (κ3) is 8.21. The molecule has 46 heavy (non-hydrogen) atoms. The van der Waals surface area contributed by atoms with Gasteiger partial charge in [-0.25, -0.2) is 9.78 Å². The third-order valence-corrected chi connectivity index (χ3v) is 9.01. The summed E-state index contributed by atoms with van der Waals surface area (Å²) >= 11 is 0. The number of piperazine rings is 1. The first-order chi connectivity index (χ1) is 21.9. The van der Waals surface area contributed by atoms with Crippen molar-refractivity contribution >= 4 is 32.9 Å². The van der Waals surface area contributed by atoms with Crippen molar-refractivity contribution in [1.29, 1.82) is 0 Å². The van der Waals surface area contributed by atoms with Gasteiger partial charge in [-0.15, -0.1) is 0 Å². The summed E-state index contributed by atoms with van der Waals surface area (Å²) in [5.74, 6) is -0.0611. The fourth-order valence-corrected chi connectivity index (χ4v) is 6.48. The molecule has 11 heteroatoms. The van der Waals surface area contributed by atoms with Crippen LogP contribution in [0.5, 0.6) is 5.75 Å². The van der Waals surface area contributed by atoms with Gasteiger partial charge in [0.25, 0.3) is 0 Å². The van der Waals surface area contributed by atoms with Crippen molar-refractivity contribution in [3.63, 3.8) is 0 Å². The number of hydrogen-bond acceptors (Lipinski definition) is 8. The Morgan fingerprint density at radius 2 is 1.52 bits per heavy atom. The Balaban J connectivity index is 1.29. The monoisotopic (exact) mass is 644 g/mol. The highest BCUT2D eigenvalue weighted by molar-refractivity contribution is 7.87. The largest absolute Gasteiger partial charge is 0.444 e. The van der Waals surface area contributed by atoms with Crippen LogP contribution in [0.3, 0.4) is 0 Å². The number of amides is 2. The summed E-state index contributed by atoms with van der Waals surface area (Å²) in [4.78, 5) is 36.6. The number of pyridine rings is 1. The summed E-state index contributed by atoms with van der Waals surface area (Å²) in [6, 6.07) is 24.7. The van der Waals surface area contributed by atoms with Crippen LogP contribution in [0.15, 0.2) is 96.2 Å². The van der Waals surface area contributed by atoms with Gasteiger partial charge in [-0.3, -0.25) is 14.6 Å². The van der Waals surface area contributed by atoms with Crippen LogP contribution in [0.4, 0.5) is 4.79 Å². The maximum atomic E-state index is 13.9. The van der Waals surface area contributed by atoms with Crippen LogP contribution in [0.2, 0.25) is 0 Å². The molecule has 242 valence electrons. The predicted molar refractivity (Wildman–Crippen MR) is 176 cm³/mol. The van der Waals surface area contributed by atoms with Crippen molar-refractivity contribution in [3.8, 4) is 5.75 Å². The number of benzene rings is 3. The molecule has 0 N–H and O–H groups in total. The number of aromatic nitrogens is 1. The first-order valence-corrected chi connectivity index (χ1v) is 16.7. The van der Waals surface area contributed by atoms with E-state index in [2.05, 4.69) is 22.0 Å². The lowest BCUT2D eigenvalue weighted by Crippen LogP contribution is -2.56. The molecule has 1 fully saturated rings. The molecule has 1 atom stereocenters. The lowest BCUT2D eigenvalue weighted by molar-refractivity contribution is -0.138. The van der Waals surface area contributed by atoms with Gasteiger partial charge in [0, 0.05) is 57.8 Å². The Kier molecular flexibility index (Phi) is 9.93. The summed E-state index contributed by atoms with van der Waals surface area (Å²) in [6.07, 6.45) is 1.04. The predicted octanol–water partition coefficient (Wildman–Crippen LogP) is 5.12. The van der Waals surface area contributed by atoms with Crippen molar-refractivity contribution < 1.29 is 26.9 Å². The number of carbonyl (C=O) groups is 2. The standard InChI is InChI=1S/C35H40N4O6S/c1-35(2,3)44-34(41)37(4)31(33(40)39-22-20-38(21-23-39)25-27-10-6-5-7-11-27)24-26-14-16-29(17-15-26)45-46(42,43)32-30-13-9-8-12-28(30)18-19-36-32/h5-19,31H,20-25H2,1-4H3/t31-/m0/s1. The smallest absolute Gasteiger partial charge is 0.410 e. The van der Waals surface area contributed by atoms with Crippen LogP contribution < -0.4 is 4.18 Å². The summed E-state index contributed by atoms with van der Waals surface area (Å²) in [7, 11) is -2.64. The number of nitrogens with zero attached hydrogens (tertiary/aromatic N) is 4. The fourth-order valence-electron chi connectivity index (χ4n) is 5.39. The highest BCUT2D eigenvalue weighted by Crippen LogP contribution is 2.25. The topological polar surface area (TPSA) is 109 Å². The minimum Gasteiger partial charge on any atom is -0.444 e. The molecule has 0 spiro atoms. The van der Waals surface area contributed by atoms with E-state index < -0.39 is 27.9 Å². The third-order valence-electron chi connectivity index (χ3n) is 7.80. The lowest BCUT2D eigenvalue weighted by atomic mass is 10.0. The van der Waals surface area contributed by atoms with Crippen molar-refractivity contribution in [2.45, 2.75) is 50.4 Å². The van der Waals surface area contributed by atoms with E-state index in [1.54, 1.807) is 63.1 Å². The molecule has 10 nitrogen and oxygen atoms in total. The fraction of sp³-hybridized carbons (Fsp3) is 0.343. The number of fused-ring (bicyclic) bond motifs is 1. The van der Waals surface area contributed by atoms with Gasteiger partial charge in [-0.05, 0) is 55.5 Å². The molecule has 4 aromatic rings. The van der Waals surface area contributed by atoms with Gasteiger partial charge in [-0.2, -0.15) is 8.42 Å². The van der Waals surface area contributed by atoms with E-state index in [1.165, 1.54) is 28.8 Å². The van der Waals surface area contributed by atoms with E-state index in [1.807, 2.05) is 30.3 Å². The summed E-state index contributed by atoms with van der Waals surface area (Å²) in [5.41, 5.74) is 1.22. The van der Waals surface area contributed by atoms with E-state index in [0.29, 0.717) is 18.5 Å². The van der Waals surface area contributed by atoms with Crippen molar-refractivity contribution in [3.05, 3.63) is 102 Å². The molecular formula is C35H40N4O6S. The molecule has 3 aromatic carbocycles. The van der Waals surface area contributed by atoms with Gasteiger partial charge >= 0.3 is 16.2 Å². The SMILES string of the molecule is CN(C(=O)OC(C)(C)C)[C@@H](Cc1ccc(OS(=O)(=O)c2nccc3ccccc23)cc1)C(=O)N1CCN(Cc2ccccc2)CC1. The number of likely N-dealkylation sites (N-methyl/N-ethyl adjacent to an activating group) is 1. The van der Waals surface area contributed by atoms with Gasteiger partial charge in [0.05, 0.1) is 0 Å². The first kappa shape index (κ1) is 32.9. The summed E-state index contributed by atoms with van der Waals surface area (Å²) < 4.78 is 37.3. The van der Waals surface area contributed by atoms with Crippen LogP contribution >= 0.6 is 0 Å². The number of rotatable bonds is 9. The number of ether oxygens (including phenoxy) is 1. The van der Waals surface area contributed by atoms with Crippen LogP contribution in [0, 0.1) is 0 Å². The Bertz CT molecular complexity index is 1760. The van der Waals surface area contributed by atoms with Crippen molar-refractivity contribution in [2.75, 3.05) is 33.2 Å². The molecule has 0 radical (unpaired) electrons. The van der Waals surface area contributed by atoms with Gasteiger partial charge in [0.1, 0.15) is 17.4 Å². The quantitative estimate of drug-likeness (QED) is 0.231. The Morgan fingerprint density at radius 1 is 0.870 bits per heavy atom. The molecule has 0 aliphatic carbocycles. The lowest BCUT2D eigenvalue weighted by Gasteiger charge is -2.38. The van der Waals surface area contributed by atoms with E-state index in [-0.39, 0.29) is 23.1 Å². The molecule has 2 heterocycles. The minimum absolute atomic E-state index is 0.108. The van der Waals surface area contributed by atoms with Gasteiger partial charge in [0.15, 0.2) is 0 Å². The zero-order valence-corrected chi connectivity index (χ0v) is 27.4. The van der Waals surface area contributed by atoms with Gasteiger partial charge in [0.2, 0.25) is 10.9 Å². The molecule has 0 bridgehead atoms. The normalized spacial score (nSPS) is 14.9. The van der Waals surface area contributed by atoms with E-state index >= 15 is 0 Å². The second kappa shape index (κ2) is 13.9. The van der Waals surface area contributed by atoms with Gasteiger partial charge in [-0.1, -0.05) is 66.7 Å². The molecule has 0 unspecified atom stereocenters. The van der Waals surface area contributed by atoms with Crippen molar-refractivity contribution in [2.24, 2.45) is 0 Å². The average molecular weight is 645 g/mol. The molecule has 2 amide bonds. The maximum Gasteiger partial charge on any atom is 0.410 e. The van der Waals surface area contributed by atoms with Crippen LogP contribution in [0.1, 0.15) is 31.9 Å². The molecule has 0 saturated carbocycles. The van der Waals surface area contributed by atoms with Crippen LogP contribution in [-0.4, -0.2) is 85.0 Å². The second-order valence-corrected chi connectivity index (χ2v) is 13.9. The van der Waals surface area contributed by atoms with Crippen LogP contribution in [-0.2, 0) is 32.6 Å². The van der Waals surface area contributed by atoms with E-state index in [4.69, 9.17) is 8.92 Å². The highest BCUT2D eigenvalue weighted by atomic mass is 32.2. The molecular weight excluding hydrogens is 604 g/mol. The summed E-state index contributed by atoms with van der Waals surface area (Å²) in [5, 5.41) is 1.04. The molecule has 1 aromatic heterocycles. The number of hydrogen-bond donors (Lipinski definition) is 0. The highest BCUT2D eigenvalue weighted by Gasteiger charge is 2.34. The Morgan fingerprint density at radius 3 is 2.20 bits per heavy atom. The molecule has 1 aliphatic heterocycles. The number of carbonyl (C=O) groups excluding carboxylic acids is 2. The minimum atomic E-state index is -4.22. The van der Waals surface area contributed by atoms with Crippen LogP contribution in [0.25, 0.3) is 10.8 Å². The Labute approximate surface area is 270 Å². The van der Waals surface area contributed by atoms with E-state index in [9.17, 15) is 18.0 Å². The molecule has 5 rings (SSSR count). The molecule has 1 saturated heterocycles.